The Balaban J connectivity index is 4.15. The molecular weight excluding hydrogens is 278 g/mol. The van der Waals surface area contributed by atoms with Crippen molar-refractivity contribution in [3.8, 4) is 0 Å². The molecule has 0 spiro atoms. The van der Waals surface area contributed by atoms with Crippen molar-refractivity contribution in [2.24, 2.45) is 0 Å². The summed E-state index contributed by atoms with van der Waals surface area (Å²) in [5, 5.41) is 4.37. The lowest BCUT2D eigenvalue weighted by Gasteiger charge is -2.28. The van der Waals surface area contributed by atoms with Crippen LogP contribution in [-0.4, -0.2) is 60.3 Å². The Hall–Kier alpha value is -0.673. The van der Waals surface area contributed by atoms with Gasteiger partial charge in [0, 0.05) is 46.5 Å². The number of carbonyl (C=O) groups excluding carboxylic acids is 1. The lowest BCUT2D eigenvalue weighted by Crippen LogP contribution is -2.47. The number of hydrogen-bond donors (Lipinski definition) is 2. The summed E-state index contributed by atoms with van der Waals surface area (Å²) in [4.78, 5) is 11.4. The van der Waals surface area contributed by atoms with Gasteiger partial charge in [-0.05, 0) is 27.2 Å². The third-order valence-corrected chi connectivity index (χ3v) is 5.51. The minimum atomic E-state index is -2.58. The highest BCUT2D eigenvalue weighted by atomic mass is 28.4. The predicted octanol–water partition coefficient (Wildman–Crippen LogP) is 1.20. The van der Waals surface area contributed by atoms with Crippen molar-refractivity contribution in [1.29, 1.82) is 0 Å². The van der Waals surface area contributed by atoms with Gasteiger partial charge in [-0.2, -0.15) is 0 Å². The third kappa shape index (κ3) is 8.49. The highest BCUT2D eigenvalue weighted by Crippen LogP contribution is 2.17. The molecule has 0 aromatic heterocycles. The first-order valence-electron chi connectivity index (χ1n) is 7.13. The van der Waals surface area contributed by atoms with Gasteiger partial charge < -0.3 is 18.6 Å². The summed E-state index contributed by atoms with van der Waals surface area (Å²) in [6.07, 6.45) is 0.757. The molecule has 0 aliphatic carbocycles. The second-order valence-corrected chi connectivity index (χ2v) is 7.08. The van der Waals surface area contributed by atoms with Gasteiger partial charge in [0.2, 0.25) is 0 Å². The minimum absolute atomic E-state index is 0.216. The molecule has 0 fully saturated rings. The summed E-state index contributed by atoms with van der Waals surface area (Å²) < 4.78 is 17.2. The maximum Gasteiger partial charge on any atom is 0.500 e. The largest absolute Gasteiger partial charge is 0.500 e. The Morgan fingerprint density at radius 1 is 1.05 bits per heavy atom. The minimum Gasteiger partial charge on any atom is -0.374 e. The first-order chi connectivity index (χ1) is 9.49. The molecule has 0 aliphatic rings. The van der Waals surface area contributed by atoms with Crippen LogP contribution in [0, 0.1) is 0 Å². The first kappa shape index (κ1) is 19.3. The number of urea groups is 1. The monoisotopic (exact) mass is 307 g/mol. The second kappa shape index (κ2) is 11.0. The molecule has 0 bridgehead atoms. The predicted molar refractivity (Wildman–Crippen MR) is 80.3 cm³/mol. The van der Waals surface area contributed by atoms with Crippen LogP contribution in [0.1, 0.15) is 27.2 Å². The fourth-order valence-electron chi connectivity index (χ4n) is 1.75. The molecule has 2 N–H and O–H groups in total. The molecule has 0 aromatic carbocycles. The Bertz CT molecular complexity index is 250. The van der Waals surface area contributed by atoms with Gasteiger partial charge in [-0.3, -0.25) is 5.43 Å². The molecule has 0 aliphatic heterocycles. The summed E-state index contributed by atoms with van der Waals surface area (Å²) in [5.74, 6) is 0. The maximum absolute atomic E-state index is 11.4. The maximum atomic E-state index is 11.4. The number of nitrogens with zero attached hydrogens (tertiary/aromatic N) is 1. The van der Waals surface area contributed by atoms with Crippen molar-refractivity contribution >= 4 is 14.8 Å². The smallest absolute Gasteiger partial charge is 0.374 e. The molecule has 0 saturated carbocycles. The van der Waals surface area contributed by atoms with Gasteiger partial charge >= 0.3 is 14.8 Å². The van der Waals surface area contributed by atoms with Crippen LogP contribution in [0.2, 0.25) is 6.04 Å². The summed E-state index contributed by atoms with van der Waals surface area (Å²) in [5.41, 5.74) is 2.62. The van der Waals surface area contributed by atoms with Crippen molar-refractivity contribution in [2.45, 2.75) is 33.2 Å². The lowest BCUT2D eigenvalue weighted by molar-refractivity contribution is 0.0708. The normalized spacial score (nSPS) is 11.7. The number of nitrogens with one attached hydrogen (secondary N) is 2. The molecule has 0 rings (SSSR count). The van der Waals surface area contributed by atoms with E-state index in [1.165, 1.54) is 0 Å². The Morgan fingerprint density at radius 3 is 1.95 bits per heavy atom. The van der Waals surface area contributed by atoms with E-state index in [1.807, 2.05) is 20.8 Å². The summed E-state index contributed by atoms with van der Waals surface area (Å²) in [7, 11) is 0.940. The highest BCUT2D eigenvalue weighted by Gasteiger charge is 2.39. The average Bonchev–Trinajstić information content (AvgIpc) is 2.35. The van der Waals surface area contributed by atoms with E-state index in [0.29, 0.717) is 32.4 Å². The van der Waals surface area contributed by atoms with E-state index in [-0.39, 0.29) is 6.03 Å². The van der Waals surface area contributed by atoms with Crippen LogP contribution >= 0.6 is 0 Å². The van der Waals surface area contributed by atoms with Gasteiger partial charge in [0.25, 0.3) is 0 Å². The van der Waals surface area contributed by atoms with E-state index in [2.05, 4.69) is 10.7 Å². The molecule has 8 heteroatoms. The van der Waals surface area contributed by atoms with Crippen molar-refractivity contribution in [3.63, 3.8) is 0 Å². The molecular formula is C12H29N3O4Si. The molecule has 7 nitrogen and oxygen atoms in total. The van der Waals surface area contributed by atoms with Crippen molar-refractivity contribution in [1.82, 2.24) is 15.8 Å². The third-order valence-electron chi connectivity index (χ3n) is 2.36. The van der Waals surface area contributed by atoms with E-state index < -0.39 is 8.80 Å². The van der Waals surface area contributed by atoms with Gasteiger partial charge in [-0.15, -0.1) is 0 Å². The molecule has 0 saturated heterocycles. The number of hydrogen-bond acceptors (Lipinski definition) is 5. The van der Waals surface area contributed by atoms with Gasteiger partial charge in [-0.1, -0.05) is 0 Å². The van der Waals surface area contributed by atoms with E-state index in [0.717, 1.165) is 6.42 Å². The SMILES string of the molecule is CCO[Si](CCCNC(=O)NN(C)C)(OCC)OCC. The number of carbonyl (C=O) groups is 1. The van der Waals surface area contributed by atoms with Gasteiger partial charge in [0.1, 0.15) is 0 Å². The standard InChI is InChI=1S/C12H29N3O4Si/c1-6-17-20(18-7-2,19-8-3)11-9-10-13-12(16)14-15(4)5/h6-11H2,1-5H3,(H2,13,14,16). The average molecular weight is 307 g/mol. The molecule has 0 heterocycles. The number of amides is 2. The summed E-state index contributed by atoms with van der Waals surface area (Å²) in [6.45, 7) is 8.07. The fraction of sp³-hybridized carbons (Fsp3) is 0.917. The van der Waals surface area contributed by atoms with Crippen LogP contribution in [-0.2, 0) is 13.3 Å². The van der Waals surface area contributed by atoms with E-state index in [4.69, 9.17) is 13.3 Å². The fourth-order valence-corrected chi connectivity index (χ4v) is 4.36. The van der Waals surface area contributed by atoms with Crippen LogP contribution in [0.3, 0.4) is 0 Å². The zero-order valence-electron chi connectivity index (χ0n) is 13.3. The van der Waals surface area contributed by atoms with Crippen molar-refractivity contribution < 1.29 is 18.1 Å². The second-order valence-electron chi connectivity index (χ2n) is 4.35. The molecule has 0 atom stereocenters. The summed E-state index contributed by atoms with van der Waals surface area (Å²) in [6, 6.07) is 0.483. The molecule has 20 heavy (non-hydrogen) atoms. The van der Waals surface area contributed by atoms with Gasteiger partial charge in [-0.25, -0.2) is 9.80 Å². The van der Waals surface area contributed by atoms with Crippen molar-refractivity contribution in [3.05, 3.63) is 0 Å². The lowest BCUT2D eigenvalue weighted by atomic mass is 10.5. The zero-order valence-corrected chi connectivity index (χ0v) is 14.3. The molecule has 0 radical (unpaired) electrons. The van der Waals surface area contributed by atoms with E-state index in [1.54, 1.807) is 19.1 Å². The number of hydrazine groups is 1. The Morgan fingerprint density at radius 2 is 1.55 bits per heavy atom. The Labute approximate surface area is 123 Å². The van der Waals surface area contributed by atoms with Gasteiger partial charge in [0.15, 0.2) is 0 Å². The quantitative estimate of drug-likeness (QED) is 0.341. The first-order valence-corrected chi connectivity index (χ1v) is 9.06. The zero-order chi connectivity index (χ0) is 15.4. The molecule has 0 unspecified atom stereocenters. The van der Waals surface area contributed by atoms with Crippen LogP contribution in [0.4, 0.5) is 4.79 Å². The molecule has 120 valence electrons. The van der Waals surface area contributed by atoms with E-state index in [9.17, 15) is 4.79 Å². The van der Waals surface area contributed by atoms with Gasteiger partial charge in [0.05, 0.1) is 0 Å². The van der Waals surface area contributed by atoms with Crippen molar-refractivity contribution in [2.75, 3.05) is 40.5 Å². The van der Waals surface area contributed by atoms with Crippen LogP contribution in [0.15, 0.2) is 0 Å². The topological polar surface area (TPSA) is 72.1 Å². The molecule has 2 amide bonds. The highest BCUT2D eigenvalue weighted by molar-refractivity contribution is 6.60. The van der Waals surface area contributed by atoms with E-state index >= 15 is 0 Å². The molecule has 0 aromatic rings. The van der Waals surface area contributed by atoms with Crippen LogP contribution < -0.4 is 10.7 Å². The van der Waals surface area contributed by atoms with Crippen LogP contribution in [0.25, 0.3) is 0 Å². The number of rotatable bonds is 11. The Kier molecular flexibility index (Phi) is 10.7. The summed E-state index contributed by atoms with van der Waals surface area (Å²) >= 11 is 0. The van der Waals surface area contributed by atoms with Crippen LogP contribution in [0.5, 0.6) is 0 Å².